The Kier molecular flexibility index (Phi) is 8.89. The van der Waals surface area contributed by atoms with Crippen molar-refractivity contribution in [3.63, 3.8) is 0 Å². The van der Waals surface area contributed by atoms with Gasteiger partial charge in [0.05, 0.1) is 25.8 Å². The monoisotopic (exact) mass is 621 g/mol. The molecule has 2 heterocycles. The summed E-state index contributed by atoms with van der Waals surface area (Å²) in [5, 5.41) is 13.6. The van der Waals surface area contributed by atoms with Crippen LogP contribution in [0.3, 0.4) is 0 Å². The summed E-state index contributed by atoms with van der Waals surface area (Å²) in [5.74, 6) is 1.49. The minimum Gasteiger partial charge on any atom is -0.494 e. The van der Waals surface area contributed by atoms with Crippen LogP contribution in [0.25, 0.3) is 27.8 Å². The number of likely N-dealkylation sites (N-methyl/N-ethyl adjacent to an activating group) is 1. The second-order valence-electron chi connectivity index (χ2n) is 11.8. The standard InChI is InChI=1S/C21H18N2O.C19H21N3O/c1-23-18(13-14-22-17-10-3-4-12-20(17)24-2)16-9-5-7-15-8-6-11-19(23)21(15)16;1-19(2)14-9-5-7-11-16(14)22(3)18(19)13-20-21-15-10-6-8-12-17(15)23-4/h3-14H,1-2H3;5-13H,1-4H3/b18-13+,22-14?;18-13-,21-20?. The molecule has 0 N–H and O–H groups in total. The molecule has 0 saturated carbocycles. The summed E-state index contributed by atoms with van der Waals surface area (Å²) in [5.41, 5.74) is 6.34. The Morgan fingerprint density at radius 2 is 1.34 bits per heavy atom. The Balaban J connectivity index is 0.000000165. The molecule has 47 heavy (non-hydrogen) atoms. The largest absolute Gasteiger partial charge is 0.494 e. The smallest absolute Gasteiger partial charge is 0.146 e. The number of hydrogen-bond acceptors (Lipinski definition) is 6. The van der Waals surface area contributed by atoms with E-state index >= 15 is 0 Å². The van der Waals surface area contributed by atoms with Crippen LogP contribution in [0.4, 0.5) is 17.1 Å². The predicted molar refractivity (Wildman–Crippen MR) is 195 cm³/mol. The molecule has 1 aliphatic rings. The SMILES string of the molecule is COc1ccccc1N=C/C=c1\c2cccc3cccc(c32)n1C.COc1ccccc1N=N/C=C1\N(C)c2ccccc2C1(C)C. The summed E-state index contributed by atoms with van der Waals surface area (Å²) in [6.45, 7) is 4.42. The van der Waals surface area contributed by atoms with Gasteiger partial charge in [-0.15, -0.1) is 5.11 Å². The van der Waals surface area contributed by atoms with Gasteiger partial charge in [0.2, 0.25) is 0 Å². The van der Waals surface area contributed by atoms with Gasteiger partial charge in [-0.3, -0.25) is 4.99 Å². The molecule has 0 atom stereocenters. The van der Waals surface area contributed by atoms with E-state index in [1.165, 1.54) is 32.9 Å². The van der Waals surface area contributed by atoms with Crippen molar-refractivity contribution in [1.82, 2.24) is 4.57 Å². The number of para-hydroxylation sites is 4. The summed E-state index contributed by atoms with van der Waals surface area (Å²) in [4.78, 5) is 6.73. The van der Waals surface area contributed by atoms with Crippen LogP contribution < -0.4 is 19.7 Å². The Morgan fingerprint density at radius 3 is 2.06 bits per heavy atom. The maximum absolute atomic E-state index is 5.34. The molecule has 0 aliphatic carbocycles. The molecular weight excluding hydrogens is 582 g/mol. The van der Waals surface area contributed by atoms with Crippen molar-refractivity contribution < 1.29 is 9.47 Å². The van der Waals surface area contributed by atoms with Crippen LogP contribution in [0.2, 0.25) is 0 Å². The molecule has 5 aromatic carbocycles. The minimum atomic E-state index is -0.0921. The molecule has 7 nitrogen and oxygen atoms in total. The average Bonchev–Trinajstić information content (AvgIpc) is 3.48. The number of fused-ring (bicyclic) bond motifs is 1. The van der Waals surface area contributed by atoms with E-state index in [1.807, 2.05) is 60.9 Å². The molecule has 0 saturated heterocycles. The number of aryl methyl sites for hydroxylation is 1. The van der Waals surface area contributed by atoms with Crippen LogP contribution in [0.5, 0.6) is 11.5 Å². The molecule has 0 radical (unpaired) electrons. The predicted octanol–water partition coefficient (Wildman–Crippen LogP) is 9.29. The van der Waals surface area contributed by atoms with Crippen molar-refractivity contribution in [2.75, 3.05) is 26.2 Å². The lowest BCUT2D eigenvalue weighted by atomic mass is 9.84. The number of nitrogens with zero attached hydrogens (tertiary/aromatic N) is 5. The summed E-state index contributed by atoms with van der Waals surface area (Å²) in [6.07, 6.45) is 5.74. The van der Waals surface area contributed by atoms with E-state index in [4.69, 9.17) is 9.47 Å². The van der Waals surface area contributed by atoms with Crippen molar-refractivity contribution in [3.05, 3.63) is 132 Å². The third kappa shape index (κ3) is 6.00. The van der Waals surface area contributed by atoms with Crippen molar-refractivity contribution in [1.29, 1.82) is 0 Å². The van der Waals surface area contributed by atoms with E-state index in [-0.39, 0.29) is 5.41 Å². The molecule has 7 heteroatoms. The van der Waals surface area contributed by atoms with Crippen LogP contribution >= 0.6 is 0 Å². The summed E-state index contributed by atoms with van der Waals surface area (Å²) in [6, 6.07) is 36.6. The van der Waals surface area contributed by atoms with E-state index in [9.17, 15) is 0 Å². The molecule has 236 valence electrons. The average molecular weight is 622 g/mol. The van der Waals surface area contributed by atoms with E-state index in [0.29, 0.717) is 0 Å². The highest BCUT2D eigenvalue weighted by atomic mass is 16.5. The highest BCUT2D eigenvalue weighted by Gasteiger charge is 2.38. The molecule has 0 unspecified atom stereocenters. The first kappa shape index (κ1) is 31.3. The van der Waals surface area contributed by atoms with Gasteiger partial charge in [-0.05, 0) is 53.4 Å². The fourth-order valence-electron chi connectivity index (χ4n) is 6.34. The van der Waals surface area contributed by atoms with Gasteiger partial charge >= 0.3 is 0 Å². The van der Waals surface area contributed by atoms with Gasteiger partial charge in [-0.25, -0.2) is 0 Å². The first-order valence-electron chi connectivity index (χ1n) is 15.6. The number of anilines is 1. The number of allylic oxidation sites excluding steroid dienone is 1. The van der Waals surface area contributed by atoms with Gasteiger partial charge in [-0.2, -0.15) is 5.11 Å². The van der Waals surface area contributed by atoms with Crippen LogP contribution in [-0.4, -0.2) is 32.0 Å². The number of benzene rings is 5. The Labute approximate surface area is 275 Å². The zero-order valence-corrected chi connectivity index (χ0v) is 27.7. The first-order valence-corrected chi connectivity index (χ1v) is 15.6. The first-order chi connectivity index (χ1) is 22.8. The summed E-state index contributed by atoms with van der Waals surface area (Å²) in [7, 11) is 7.46. The number of azo groups is 1. The molecule has 0 fully saturated rings. The lowest BCUT2D eigenvalue weighted by Gasteiger charge is -2.22. The van der Waals surface area contributed by atoms with Gasteiger partial charge in [-0.1, -0.05) is 86.6 Å². The van der Waals surface area contributed by atoms with Crippen molar-refractivity contribution >= 4 is 51.0 Å². The zero-order chi connectivity index (χ0) is 33.0. The van der Waals surface area contributed by atoms with Gasteiger partial charge in [0, 0.05) is 53.4 Å². The number of hydrogen-bond donors (Lipinski definition) is 0. The number of ether oxygens (including phenoxy) is 2. The number of rotatable bonds is 6. The quantitative estimate of drug-likeness (QED) is 0.138. The Bertz CT molecular complexity index is 2190. The molecule has 0 amide bonds. The third-order valence-corrected chi connectivity index (χ3v) is 8.78. The van der Waals surface area contributed by atoms with Crippen LogP contribution in [0.1, 0.15) is 19.4 Å². The van der Waals surface area contributed by atoms with Crippen molar-refractivity contribution in [2.45, 2.75) is 19.3 Å². The molecular formula is C40H39N5O2. The molecule has 1 aliphatic heterocycles. The van der Waals surface area contributed by atoms with Gasteiger partial charge in [0.1, 0.15) is 22.9 Å². The van der Waals surface area contributed by atoms with Crippen LogP contribution in [-0.2, 0) is 12.5 Å². The van der Waals surface area contributed by atoms with E-state index in [2.05, 4.69) is 119 Å². The topological polar surface area (TPSA) is 63.7 Å². The normalized spacial score (nSPS) is 15.1. The second-order valence-corrected chi connectivity index (χ2v) is 11.8. The Hall–Kier alpha value is -5.69. The lowest BCUT2D eigenvalue weighted by molar-refractivity contribution is 0.416. The summed E-state index contributed by atoms with van der Waals surface area (Å²) < 4.78 is 12.9. The van der Waals surface area contributed by atoms with E-state index in [0.717, 1.165) is 33.9 Å². The fourth-order valence-corrected chi connectivity index (χ4v) is 6.34. The zero-order valence-electron chi connectivity index (χ0n) is 27.7. The highest BCUT2D eigenvalue weighted by molar-refractivity contribution is 6.11. The van der Waals surface area contributed by atoms with Gasteiger partial charge < -0.3 is 18.9 Å². The molecule has 6 aromatic rings. The molecule has 7 rings (SSSR count). The third-order valence-electron chi connectivity index (χ3n) is 8.78. The second kappa shape index (κ2) is 13.3. The lowest BCUT2D eigenvalue weighted by Crippen LogP contribution is -2.22. The minimum absolute atomic E-state index is 0.0921. The Morgan fingerprint density at radius 1 is 0.702 bits per heavy atom. The molecule has 0 spiro atoms. The summed E-state index contributed by atoms with van der Waals surface area (Å²) >= 11 is 0. The van der Waals surface area contributed by atoms with Crippen molar-refractivity contribution in [2.24, 2.45) is 22.3 Å². The molecule has 1 aromatic heterocycles. The van der Waals surface area contributed by atoms with E-state index < -0.39 is 0 Å². The van der Waals surface area contributed by atoms with Gasteiger partial charge in [0.25, 0.3) is 0 Å². The van der Waals surface area contributed by atoms with Crippen LogP contribution in [0.15, 0.2) is 136 Å². The molecule has 0 bridgehead atoms. The fraction of sp³-hybridized carbons (Fsp3) is 0.175. The maximum atomic E-state index is 5.34. The number of aromatic nitrogens is 1. The number of methoxy groups -OCH3 is 2. The number of aliphatic imine (C=N–C) groups is 1. The van der Waals surface area contributed by atoms with Crippen molar-refractivity contribution in [3.8, 4) is 11.5 Å². The highest BCUT2D eigenvalue weighted by Crippen LogP contribution is 2.46. The van der Waals surface area contributed by atoms with Crippen LogP contribution in [0, 0.1) is 0 Å². The maximum Gasteiger partial charge on any atom is 0.146 e. The van der Waals surface area contributed by atoms with Gasteiger partial charge in [0.15, 0.2) is 0 Å². The van der Waals surface area contributed by atoms with E-state index in [1.54, 1.807) is 14.2 Å².